The highest BCUT2D eigenvalue weighted by molar-refractivity contribution is 6.01. The molecule has 2 aliphatic rings. The van der Waals surface area contributed by atoms with Gasteiger partial charge in [0.25, 0.3) is 0 Å². The van der Waals surface area contributed by atoms with E-state index in [9.17, 15) is 19.5 Å². The van der Waals surface area contributed by atoms with E-state index in [1.54, 1.807) is 21.7 Å². The molecular weight excluding hydrogens is 518 g/mol. The van der Waals surface area contributed by atoms with Gasteiger partial charge in [-0.1, -0.05) is 60.7 Å². The van der Waals surface area contributed by atoms with Gasteiger partial charge in [-0.05, 0) is 49.2 Å². The molecule has 9 heteroatoms. The van der Waals surface area contributed by atoms with Gasteiger partial charge in [-0.25, -0.2) is 14.4 Å². The number of aromatic nitrogens is 1. The van der Waals surface area contributed by atoms with Crippen molar-refractivity contribution in [2.24, 2.45) is 0 Å². The summed E-state index contributed by atoms with van der Waals surface area (Å²) in [6.07, 6.45) is 1.14. The normalized spacial score (nSPS) is 19.7. The van der Waals surface area contributed by atoms with Crippen LogP contribution in [0.1, 0.15) is 18.5 Å². The molecule has 1 aromatic heterocycles. The first kappa shape index (κ1) is 26.3. The summed E-state index contributed by atoms with van der Waals surface area (Å²) in [5, 5.41) is 11.4. The van der Waals surface area contributed by atoms with E-state index in [2.05, 4.69) is 4.98 Å². The molecule has 2 fully saturated rings. The number of para-hydroxylation sites is 3. The topological polar surface area (TPSA) is 97.3 Å². The van der Waals surface area contributed by atoms with Crippen LogP contribution in [0.3, 0.4) is 0 Å². The van der Waals surface area contributed by atoms with Crippen molar-refractivity contribution in [2.75, 3.05) is 18.5 Å². The maximum Gasteiger partial charge on any atom is 0.329 e. The van der Waals surface area contributed by atoms with Crippen molar-refractivity contribution >= 4 is 40.3 Å². The molecule has 6 rings (SSSR count). The fraction of sp³-hybridized carbons (Fsp3) is 0.250. The van der Waals surface area contributed by atoms with E-state index in [0.717, 1.165) is 16.6 Å². The third kappa shape index (κ3) is 4.95. The number of pyridine rings is 1. The smallest absolute Gasteiger partial charge is 0.329 e. The molecule has 3 aromatic carbocycles. The van der Waals surface area contributed by atoms with Gasteiger partial charge < -0.3 is 19.8 Å². The lowest BCUT2D eigenvalue weighted by atomic mass is 10.0. The number of rotatable bonds is 5. The zero-order valence-electron chi connectivity index (χ0n) is 22.7. The Labute approximate surface area is 238 Å². The van der Waals surface area contributed by atoms with Crippen molar-refractivity contribution in [1.82, 2.24) is 19.7 Å². The van der Waals surface area contributed by atoms with Gasteiger partial charge in [-0.15, -0.1) is 0 Å². The van der Waals surface area contributed by atoms with Crippen molar-refractivity contribution in [3.05, 3.63) is 103 Å². The molecule has 1 N–H and O–H groups in total. The zero-order chi connectivity index (χ0) is 28.5. The molecule has 4 aromatic rings. The average molecular weight is 550 g/mol. The molecule has 3 heterocycles. The Morgan fingerprint density at radius 2 is 1.46 bits per heavy atom. The Balaban J connectivity index is 1.26. The first-order chi connectivity index (χ1) is 19.9. The summed E-state index contributed by atoms with van der Waals surface area (Å²) in [7, 11) is 1.71. The second-order valence-corrected chi connectivity index (χ2v) is 10.6. The van der Waals surface area contributed by atoms with Crippen molar-refractivity contribution in [1.29, 1.82) is 0 Å². The molecule has 2 bridgehead atoms. The number of fused-ring (bicyclic) bond motifs is 3. The Kier molecular flexibility index (Phi) is 7.01. The molecular formula is C32H31N5O4. The predicted molar refractivity (Wildman–Crippen MR) is 156 cm³/mol. The van der Waals surface area contributed by atoms with Crippen LogP contribution in [0.4, 0.5) is 21.0 Å². The Morgan fingerprint density at radius 3 is 2.12 bits per heavy atom. The third-order valence-corrected chi connectivity index (χ3v) is 7.98. The minimum Gasteiger partial charge on any atom is -0.480 e. The number of piperazine rings is 1. The van der Waals surface area contributed by atoms with E-state index in [4.69, 9.17) is 0 Å². The zero-order valence-corrected chi connectivity index (χ0v) is 22.7. The lowest BCUT2D eigenvalue weighted by Gasteiger charge is -2.47. The number of carbonyl (C=O) groups excluding carboxylic acids is 2. The highest BCUT2D eigenvalue weighted by Gasteiger charge is 2.54. The number of carboxylic acid groups (broad SMARTS) is 1. The molecule has 9 nitrogen and oxygen atoms in total. The minimum absolute atomic E-state index is 0.135. The molecule has 4 amide bonds. The van der Waals surface area contributed by atoms with Gasteiger partial charge in [-0.3, -0.25) is 9.88 Å². The number of hydrogen-bond acceptors (Lipinski definition) is 4. The SMILES string of the molecule is CN(Cc1ccc2ccccc2n1)C(=O)N1[C@H]2CC[C@@H]1[C@@H](C(=O)O)N(C(=O)N(c1ccccc1)c1ccccc1)C2. The van der Waals surface area contributed by atoms with Gasteiger partial charge in [0, 0.05) is 19.0 Å². The number of hydrogen-bond donors (Lipinski definition) is 1. The summed E-state index contributed by atoms with van der Waals surface area (Å²) < 4.78 is 0. The molecule has 0 radical (unpaired) electrons. The van der Waals surface area contributed by atoms with Crippen molar-refractivity contribution in [3.63, 3.8) is 0 Å². The largest absolute Gasteiger partial charge is 0.480 e. The number of urea groups is 2. The molecule has 0 spiro atoms. The second-order valence-electron chi connectivity index (χ2n) is 10.6. The molecule has 0 saturated carbocycles. The molecule has 208 valence electrons. The number of aliphatic carboxylic acids is 1. The van der Waals surface area contributed by atoms with Gasteiger partial charge >= 0.3 is 18.0 Å². The lowest BCUT2D eigenvalue weighted by molar-refractivity contribution is -0.145. The number of anilines is 2. The van der Waals surface area contributed by atoms with Crippen LogP contribution in [-0.4, -0.2) is 74.5 Å². The van der Waals surface area contributed by atoms with Gasteiger partial charge in [0.05, 0.1) is 41.2 Å². The molecule has 2 aliphatic heterocycles. The average Bonchev–Trinajstić information content (AvgIpc) is 3.29. The quantitative estimate of drug-likeness (QED) is 0.362. The highest BCUT2D eigenvalue weighted by atomic mass is 16.4. The van der Waals surface area contributed by atoms with E-state index in [0.29, 0.717) is 24.2 Å². The van der Waals surface area contributed by atoms with Crippen LogP contribution in [-0.2, 0) is 11.3 Å². The Hall–Kier alpha value is -4.92. The van der Waals surface area contributed by atoms with Crippen LogP contribution in [0.15, 0.2) is 97.1 Å². The number of nitrogens with zero attached hydrogens (tertiary/aromatic N) is 5. The molecule has 0 unspecified atom stereocenters. The van der Waals surface area contributed by atoms with E-state index < -0.39 is 24.1 Å². The molecule has 0 aliphatic carbocycles. The Bertz CT molecular complexity index is 1540. The summed E-state index contributed by atoms with van der Waals surface area (Å²) in [6.45, 7) is 0.423. The summed E-state index contributed by atoms with van der Waals surface area (Å²) in [4.78, 5) is 51.6. The third-order valence-electron chi connectivity index (χ3n) is 7.98. The summed E-state index contributed by atoms with van der Waals surface area (Å²) in [5.41, 5.74) is 2.88. The fourth-order valence-electron chi connectivity index (χ4n) is 6.10. The van der Waals surface area contributed by atoms with Gasteiger partial charge in [0.2, 0.25) is 0 Å². The van der Waals surface area contributed by atoms with Crippen LogP contribution in [0, 0.1) is 0 Å². The van der Waals surface area contributed by atoms with Gasteiger partial charge in [0.1, 0.15) is 0 Å². The van der Waals surface area contributed by atoms with Crippen molar-refractivity contribution in [2.45, 2.75) is 37.5 Å². The Morgan fingerprint density at radius 1 is 0.829 bits per heavy atom. The molecule has 3 atom stereocenters. The molecule has 41 heavy (non-hydrogen) atoms. The monoisotopic (exact) mass is 549 g/mol. The number of amides is 4. The fourth-order valence-corrected chi connectivity index (χ4v) is 6.10. The van der Waals surface area contributed by atoms with Crippen LogP contribution in [0.2, 0.25) is 0 Å². The van der Waals surface area contributed by atoms with E-state index in [-0.39, 0.29) is 25.2 Å². The van der Waals surface area contributed by atoms with E-state index in [1.165, 1.54) is 4.90 Å². The minimum atomic E-state index is -1.17. The maximum absolute atomic E-state index is 14.2. The second kappa shape index (κ2) is 10.9. The number of benzene rings is 3. The maximum atomic E-state index is 14.2. The van der Waals surface area contributed by atoms with E-state index >= 15 is 0 Å². The van der Waals surface area contributed by atoms with Crippen LogP contribution >= 0.6 is 0 Å². The number of carboxylic acids is 1. The lowest BCUT2D eigenvalue weighted by Crippen LogP contribution is -2.67. The predicted octanol–water partition coefficient (Wildman–Crippen LogP) is 5.35. The van der Waals surface area contributed by atoms with Crippen LogP contribution in [0.5, 0.6) is 0 Å². The first-order valence-corrected chi connectivity index (χ1v) is 13.7. The van der Waals surface area contributed by atoms with Gasteiger partial charge in [0.15, 0.2) is 6.04 Å². The first-order valence-electron chi connectivity index (χ1n) is 13.7. The standard InChI is InChI=1S/C32H31N5O4/c1-34(20-23-17-16-22-10-8-9-15-27(22)33-23)31(40)37-26-18-19-28(37)29(30(38)39)35(21-26)32(41)36(24-11-4-2-5-12-24)25-13-6-3-7-14-25/h2-17,26,28-29H,18-21H2,1H3,(H,38,39)/t26-,28+,29-/m0/s1. The molecule has 2 saturated heterocycles. The van der Waals surface area contributed by atoms with Crippen LogP contribution < -0.4 is 4.90 Å². The summed E-state index contributed by atoms with van der Waals surface area (Å²) >= 11 is 0. The van der Waals surface area contributed by atoms with Crippen LogP contribution in [0.25, 0.3) is 10.9 Å². The summed E-state index contributed by atoms with van der Waals surface area (Å²) in [6, 6.07) is 27.3. The van der Waals surface area contributed by atoms with Crippen molar-refractivity contribution in [3.8, 4) is 0 Å². The van der Waals surface area contributed by atoms with Crippen molar-refractivity contribution < 1.29 is 19.5 Å². The van der Waals surface area contributed by atoms with Gasteiger partial charge in [-0.2, -0.15) is 0 Å². The number of carbonyl (C=O) groups is 3. The van der Waals surface area contributed by atoms with E-state index in [1.807, 2.05) is 97.1 Å². The number of likely N-dealkylation sites (tertiary alicyclic amines) is 1. The highest BCUT2D eigenvalue weighted by Crippen LogP contribution is 2.37. The summed E-state index contributed by atoms with van der Waals surface area (Å²) in [5.74, 6) is -1.12.